The van der Waals surface area contributed by atoms with Gasteiger partial charge in [-0.2, -0.15) is 0 Å². The first-order chi connectivity index (χ1) is 11.9. The minimum absolute atomic E-state index is 0.0461. The van der Waals surface area contributed by atoms with Crippen molar-refractivity contribution in [2.24, 2.45) is 0 Å². The molecule has 2 saturated heterocycles. The van der Waals surface area contributed by atoms with E-state index in [1.165, 1.54) is 6.08 Å². The highest BCUT2D eigenvalue weighted by atomic mass is 16.7. The van der Waals surface area contributed by atoms with Crippen molar-refractivity contribution in [1.29, 1.82) is 0 Å². The van der Waals surface area contributed by atoms with E-state index >= 15 is 0 Å². The number of carbonyl (C=O) groups excluding carboxylic acids is 1. The Kier molecular flexibility index (Phi) is 6.25. The van der Waals surface area contributed by atoms with E-state index in [-0.39, 0.29) is 36.5 Å². The van der Waals surface area contributed by atoms with Gasteiger partial charge in [-0.25, -0.2) is 0 Å². The molecule has 3 heterocycles. The summed E-state index contributed by atoms with van der Waals surface area (Å²) in [4.78, 5) is 11.4. The molecule has 0 aromatic heterocycles. The van der Waals surface area contributed by atoms with Gasteiger partial charge in [-0.1, -0.05) is 0 Å². The summed E-state index contributed by atoms with van der Waals surface area (Å²) >= 11 is 0. The number of hydrogen-bond donors (Lipinski definition) is 1. The zero-order chi connectivity index (χ0) is 18.0. The van der Waals surface area contributed by atoms with Crippen LogP contribution in [0.5, 0.6) is 0 Å². The second kappa shape index (κ2) is 8.24. The Labute approximate surface area is 148 Å². The fraction of sp³-hybridized carbons (Fsp3) is 0.833. The maximum Gasteiger partial charge on any atom is 0.184 e. The molecule has 0 aliphatic carbocycles. The molecule has 25 heavy (non-hydrogen) atoms. The number of aliphatic hydroxyl groups is 1. The molecule has 8 unspecified atom stereocenters. The van der Waals surface area contributed by atoms with Crippen LogP contribution < -0.4 is 0 Å². The molecule has 0 bridgehead atoms. The Morgan fingerprint density at radius 1 is 0.960 bits per heavy atom. The first-order valence-electron chi connectivity index (χ1n) is 9.10. The standard InChI is InChI=1S/C18H28O7/c1-10-13(19)4-8-17(22-10)25-15-6-9-18(23-12(15)3)24-14-5-7-16(20)21-11(14)2/h4,8,10-12,14-18,20H,5-7,9H2,1-3H3. The van der Waals surface area contributed by atoms with Gasteiger partial charge in [-0.3, -0.25) is 4.79 Å². The van der Waals surface area contributed by atoms with Gasteiger partial charge < -0.3 is 28.8 Å². The maximum atomic E-state index is 11.4. The van der Waals surface area contributed by atoms with E-state index in [1.54, 1.807) is 13.0 Å². The van der Waals surface area contributed by atoms with Crippen LogP contribution in [0.1, 0.15) is 46.5 Å². The van der Waals surface area contributed by atoms with Gasteiger partial charge in [-0.15, -0.1) is 0 Å². The van der Waals surface area contributed by atoms with Crippen molar-refractivity contribution in [2.45, 2.75) is 95.8 Å². The van der Waals surface area contributed by atoms with Crippen LogP contribution in [0, 0.1) is 0 Å². The van der Waals surface area contributed by atoms with Crippen LogP contribution in [0.2, 0.25) is 0 Å². The van der Waals surface area contributed by atoms with E-state index in [2.05, 4.69) is 0 Å². The van der Waals surface area contributed by atoms with Crippen LogP contribution >= 0.6 is 0 Å². The van der Waals surface area contributed by atoms with Gasteiger partial charge in [0, 0.05) is 12.8 Å². The predicted molar refractivity (Wildman–Crippen MR) is 87.6 cm³/mol. The topological polar surface area (TPSA) is 83.5 Å². The molecule has 7 nitrogen and oxygen atoms in total. The molecule has 0 saturated carbocycles. The molecule has 3 rings (SSSR count). The number of ketones is 1. The molecule has 3 aliphatic heterocycles. The maximum absolute atomic E-state index is 11.4. The van der Waals surface area contributed by atoms with Gasteiger partial charge in [0.1, 0.15) is 6.10 Å². The van der Waals surface area contributed by atoms with Gasteiger partial charge >= 0.3 is 0 Å². The van der Waals surface area contributed by atoms with Crippen LogP contribution in [-0.2, 0) is 28.5 Å². The highest BCUT2D eigenvalue weighted by Gasteiger charge is 2.36. The van der Waals surface area contributed by atoms with Gasteiger partial charge in [0.25, 0.3) is 0 Å². The van der Waals surface area contributed by atoms with Crippen molar-refractivity contribution >= 4 is 5.78 Å². The third-order valence-corrected chi connectivity index (χ3v) is 4.96. The lowest BCUT2D eigenvalue weighted by Crippen LogP contribution is -2.46. The molecule has 0 amide bonds. The Hall–Kier alpha value is -0.830. The second-order valence-electron chi connectivity index (χ2n) is 6.98. The molecule has 8 atom stereocenters. The SMILES string of the molecule is CC1OC(OC2CCC(OC3CCC(O)OC3C)OC2C)C=CC1=O. The summed E-state index contributed by atoms with van der Waals surface area (Å²) in [5, 5.41) is 9.51. The van der Waals surface area contributed by atoms with Crippen molar-refractivity contribution in [2.75, 3.05) is 0 Å². The third-order valence-electron chi connectivity index (χ3n) is 4.96. The molecule has 0 spiro atoms. The molecule has 7 heteroatoms. The summed E-state index contributed by atoms with van der Waals surface area (Å²) in [5.41, 5.74) is 0. The van der Waals surface area contributed by atoms with Crippen molar-refractivity contribution in [1.82, 2.24) is 0 Å². The Bertz CT molecular complexity index is 494. The van der Waals surface area contributed by atoms with Crippen molar-refractivity contribution < 1.29 is 33.6 Å². The molecule has 1 N–H and O–H groups in total. The summed E-state index contributed by atoms with van der Waals surface area (Å²) in [6.45, 7) is 5.57. The van der Waals surface area contributed by atoms with Crippen LogP contribution in [0.15, 0.2) is 12.2 Å². The van der Waals surface area contributed by atoms with E-state index in [0.717, 1.165) is 12.8 Å². The normalized spacial score (nSPS) is 45.5. The zero-order valence-corrected chi connectivity index (χ0v) is 15.0. The average Bonchev–Trinajstić information content (AvgIpc) is 2.56. The molecule has 0 radical (unpaired) electrons. The summed E-state index contributed by atoms with van der Waals surface area (Å²) in [7, 11) is 0. The number of rotatable bonds is 4. The van der Waals surface area contributed by atoms with Crippen molar-refractivity contribution in [3.05, 3.63) is 12.2 Å². The predicted octanol–water partition coefficient (Wildman–Crippen LogP) is 1.67. The molecule has 0 aromatic rings. The Morgan fingerprint density at radius 2 is 1.64 bits per heavy atom. The summed E-state index contributed by atoms with van der Waals surface area (Å²) in [6, 6.07) is 0. The van der Waals surface area contributed by atoms with Gasteiger partial charge in [0.15, 0.2) is 24.7 Å². The minimum atomic E-state index is -0.698. The lowest BCUT2D eigenvalue weighted by atomic mass is 10.0. The smallest absolute Gasteiger partial charge is 0.184 e. The molecule has 0 aromatic carbocycles. The second-order valence-corrected chi connectivity index (χ2v) is 6.98. The lowest BCUT2D eigenvalue weighted by molar-refractivity contribution is -0.288. The van der Waals surface area contributed by atoms with Gasteiger partial charge in [0.05, 0.1) is 24.4 Å². The molecule has 3 aliphatic rings. The fourth-order valence-electron chi connectivity index (χ4n) is 3.40. The third kappa shape index (κ3) is 4.87. The first-order valence-corrected chi connectivity index (χ1v) is 9.10. The highest BCUT2D eigenvalue weighted by Crippen LogP contribution is 2.29. The van der Waals surface area contributed by atoms with E-state index in [9.17, 15) is 9.90 Å². The summed E-state index contributed by atoms with van der Waals surface area (Å²) in [6.07, 6.45) is 3.50. The number of aliphatic hydroxyl groups excluding tert-OH is 1. The van der Waals surface area contributed by atoms with Crippen molar-refractivity contribution in [3.63, 3.8) is 0 Å². The number of carbonyl (C=O) groups is 1. The minimum Gasteiger partial charge on any atom is -0.368 e. The van der Waals surface area contributed by atoms with Gasteiger partial charge in [0.2, 0.25) is 0 Å². The summed E-state index contributed by atoms with van der Waals surface area (Å²) < 4.78 is 28.9. The molecular weight excluding hydrogens is 328 g/mol. The molecular formula is C18H28O7. The number of ether oxygens (including phenoxy) is 5. The Balaban J connectivity index is 1.46. The molecule has 142 valence electrons. The largest absolute Gasteiger partial charge is 0.368 e. The number of hydrogen-bond acceptors (Lipinski definition) is 7. The summed E-state index contributed by atoms with van der Waals surface area (Å²) in [5.74, 6) is -0.0461. The van der Waals surface area contributed by atoms with E-state index in [0.29, 0.717) is 12.8 Å². The average molecular weight is 356 g/mol. The Morgan fingerprint density at radius 3 is 2.32 bits per heavy atom. The van der Waals surface area contributed by atoms with Gasteiger partial charge in [-0.05, 0) is 45.8 Å². The first kappa shape index (κ1) is 18.9. The monoisotopic (exact) mass is 356 g/mol. The lowest BCUT2D eigenvalue weighted by Gasteiger charge is -2.39. The highest BCUT2D eigenvalue weighted by molar-refractivity contribution is 5.93. The van der Waals surface area contributed by atoms with Crippen LogP contribution in [-0.4, -0.2) is 60.3 Å². The quantitative estimate of drug-likeness (QED) is 0.820. The van der Waals surface area contributed by atoms with Crippen molar-refractivity contribution in [3.8, 4) is 0 Å². The van der Waals surface area contributed by atoms with E-state index in [4.69, 9.17) is 23.7 Å². The van der Waals surface area contributed by atoms with Crippen LogP contribution in [0.25, 0.3) is 0 Å². The van der Waals surface area contributed by atoms with Crippen LogP contribution in [0.3, 0.4) is 0 Å². The van der Waals surface area contributed by atoms with Crippen LogP contribution in [0.4, 0.5) is 0 Å². The van der Waals surface area contributed by atoms with E-state index < -0.39 is 18.7 Å². The fourth-order valence-corrected chi connectivity index (χ4v) is 3.40. The molecule has 2 fully saturated rings. The van der Waals surface area contributed by atoms with E-state index in [1.807, 2.05) is 13.8 Å². The zero-order valence-electron chi connectivity index (χ0n) is 15.0.